The van der Waals surface area contributed by atoms with Crippen LogP contribution >= 0.6 is 0 Å². The van der Waals surface area contributed by atoms with E-state index in [1.165, 1.54) is 0 Å². The zero-order chi connectivity index (χ0) is 15.4. The maximum atomic E-state index is 9.46. The van der Waals surface area contributed by atoms with E-state index in [9.17, 15) is 5.26 Å². The summed E-state index contributed by atoms with van der Waals surface area (Å²) in [6, 6.07) is 24.0. The van der Waals surface area contributed by atoms with Gasteiger partial charge in [-0.05, 0) is 17.0 Å². The van der Waals surface area contributed by atoms with Crippen LogP contribution in [0.3, 0.4) is 0 Å². The molecular formula is C20H15NO. The van der Waals surface area contributed by atoms with Crippen LogP contribution in [0, 0.1) is 11.3 Å². The summed E-state index contributed by atoms with van der Waals surface area (Å²) in [5.41, 5.74) is 2.43. The SMILES string of the molecule is COc1c(C=C(C#N)c2ccccc2)ccc2ccccc12. The highest BCUT2D eigenvalue weighted by atomic mass is 16.5. The van der Waals surface area contributed by atoms with E-state index in [1.807, 2.05) is 72.8 Å². The Bertz CT molecular complexity index is 873. The minimum Gasteiger partial charge on any atom is -0.495 e. The van der Waals surface area contributed by atoms with Crippen molar-refractivity contribution in [3.8, 4) is 11.8 Å². The number of methoxy groups -OCH3 is 1. The molecule has 22 heavy (non-hydrogen) atoms. The molecule has 0 unspecified atom stereocenters. The number of nitriles is 1. The standard InChI is InChI=1S/C20H15NO/c1-22-20-17(12-11-16-9-5-6-10-19(16)20)13-18(14-21)15-7-3-2-4-8-15/h2-13H,1H3. The van der Waals surface area contributed by atoms with Crippen molar-refractivity contribution in [2.45, 2.75) is 0 Å². The number of fused-ring (bicyclic) bond motifs is 1. The van der Waals surface area contributed by atoms with Gasteiger partial charge in [0.1, 0.15) is 5.75 Å². The van der Waals surface area contributed by atoms with Crippen LogP contribution in [0.1, 0.15) is 11.1 Å². The topological polar surface area (TPSA) is 33.0 Å². The van der Waals surface area contributed by atoms with Crippen LogP contribution in [-0.2, 0) is 0 Å². The molecule has 3 aromatic rings. The van der Waals surface area contributed by atoms with E-state index in [2.05, 4.69) is 6.07 Å². The summed E-state index contributed by atoms with van der Waals surface area (Å²) in [6.45, 7) is 0. The van der Waals surface area contributed by atoms with Crippen LogP contribution in [0.4, 0.5) is 0 Å². The molecule has 0 heterocycles. The van der Waals surface area contributed by atoms with Gasteiger partial charge in [0.25, 0.3) is 0 Å². The van der Waals surface area contributed by atoms with Gasteiger partial charge in [-0.3, -0.25) is 0 Å². The summed E-state index contributed by atoms with van der Waals surface area (Å²) >= 11 is 0. The lowest BCUT2D eigenvalue weighted by molar-refractivity contribution is 0.419. The number of rotatable bonds is 3. The summed E-state index contributed by atoms with van der Waals surface area (Å²) in [7, 11) is 1.66. The number of hydrogen-bond donors (Lipinski definition) is 0. The summed E-state index contributed by atoms with van der Waals surface area (Å²) < 4.78 is 5.59. The lowest BCUT2D eigenvalue weighted by Gasteiger charge is -2.10. The van der Waals surface area contributed by atoms with E-state index in [-0.39, 0.29) is 0 Å². The molecule has 0 fully saturated rings. The van der Waals surface area contributed by atoms with Crippen molar-refractivity contribution < 1.29 is 4.74 Å². The Morgan fingerprint density at radius 3 is 2.41 bits per heavy atom. The summed E-state index contributed by atoms with van der Waals surface area (Å²) in [5.74, 6) is 0.793. The van der Waals surface area contributed by atoms with Gasteiger partial charge in [-0.15, -0.1) is 0 Å². The molecule has 2 nitrogen and oxygen atoms in total. The Morgan fingerprint density at radius 1 is 0.955 bits per heavy atom. The van der Waals surface area contributed by atoms with Crippen molar-refractivity contribution in [3.05, 3.63) is 77.9 Å². The quantitative estimate of drug-likeness (QED) is 0.506. The zero-order valence-electron chi connectivity index (χ0n) is 12.3. The number of hydrogen-bond acceptors (Lipinski definition) is 2. The van der Waals surface area contributed by atoms with E-state index in [4.69, 9.17) is 4.74 Å². The maximum absolute atomic E-state index is 9.46. The smallest absolute Gasteiger partial charge is 0.133 e. The van der Waals surface area contributed by atoms with Crippen LogP contribution in [0.15, 0.2) is 66.7 Å². The highest BCUT2D eigenvalue weighted by molar-refractivity contribution is 5.96. The maximum Gasteiger partial charge on any atom is 0.133 e. The predicted octanol–water partition coefficient (Wildman–Crippen LogP) is 4.91. The Morgan fingerprint density at radius 2 is 1.68 bits per heavy atom. The second kappa shape index (κ2) is 6.15. The molecule has 0 aromatic heterocycles. The highest BCUT2D eigenvalue weighted by Crippen LogP contribution is 2.32. The lowest BCUT2D eigenvalue weighted by Crippen LogP contribution is -1.90. The summed E-state index contributed by atoms with van der Waals surface area (Å²) in [4.78, 5) is 0. The van der Waals surface area contributed by atoms with Crippen molar-refractivity contribution >= 4 is 22.4 Å². The Kier molecular flexibility index (Phi) is 3.89. The number of allylic oxidation sites excluding steroid dienone is 1. The molecular weight excluding hydrogens is 270 g/mol. The van der Waals surface area contributed by atoms with Gasteiger partial charge < -0.3 is 4.74 Å². The average Bonchev–Trinajstić information content (AvgIpc) is 2.60. The third kappa shape index (κ3) is 2.57. The van der Waals surface area contributed by atoms with E-state index < -0.39 is 0 Å². The molecule has 0 aliphatic heterocycles. The first kappa shape index (κ1) is 13.9. The molecule has 0 atom stereocenters. The van der Waals surface area contributed by atoms with E-state index >= 15 is 0 Å². The zero-order valence-corrected chi connectivity index (χ0v) is 12.3. The Balaban J connectivity index is 2.18. The monoisotopic (exact) mass is 285 g/mol. The number of benzene rings is 3. The molecule has 3 rings (SSSR count). The lowest BCUT2D eigenvalue weighted by atomic mass is 10.0. The third-order valence-corrected chi connectivity index (χ3v) is 3.62. The van der Waals surface area contributed by atoms with Crippen LogP contribution in [0.5, 0.6) is 5.75 Å². The first-order valence-electron chi connectivity index (χ1n) is 7.06. The molecule has 0 spiro atoms. The van der Waals surface area contributed by atoms with Gasteiger partial charge in [0.15, 0.2) is 0 Å². The van der Waals surface area contributed by atoms with Crippen molar-refractivity contribution in [1.29, 1.82) is 5.26 Å². The van der Waals surface area contributed by atoms with Crippen molar-refractivity contribution in [2.24, 2.45) is 0 Å². The van der Waals surface area contributed by atoms with Crippen LogP contribution in [0.2, 0.25) is 0 Å². The molecule has 106 valence electrons. The van der Waals surface area contributed by atoms with Crippen molar-refractivity contribution in [2.75, 3.05) is 7.11 Å². The minimum absolute atomic E-state index is 0.620. The van der Waals surface area contributed by atoms with Crippen LogP contribution < -0.4 is 4.74 Å². The van der Waals surface area contributed by atoms with Crippen molar-refractivity contribution in [1.82, 2.24) is 0 Å². The first-order valence-corrected chi connectivity index (χ1v) is 7.06. The van der Waals surface area contributed by atoms with Gasteiger partial charge in [-0.2, -0.15) is 5.26 Å². The molecule has 2 heteroatoms. The molecule has 0 radical (unpaired) electrons. The van der Waals surface area contributed by atoms with E-state index in [0.717, 1.165) is 27.6 Å². The molecule has 0 amide bonds. The molecule has 0 bridgehead atoms. The fraction of sp³-hybridized carbons (Fsp3) is 0.0500. The Hall–Kier alpha value is -3.05. The van der Waals surface area contributed by atoms with Gasteiger partial charge in [0, 0.05) is 10.9 Å². The molecule has 0 aliphatic rings. The second-order valence-electron chi connectivity index (χ2n) is 4.95. The highest BCUT2D eigenvalue weighted by Gasteiger charge is 2.08. The molecule has 0 aliphatic carbocycles. The second-order valence-corrected chi connectivity index (χ2v) is 4.95. The minimum atomic E-state index is 0.620. The fourth-order valence-corrected chi connectivity index (χ4v) is 2.55. The number of ether oxygens (including phenoxy) is 1. The first-order chi connectivity index (χ1) is 10.8. The van der Waals surface area contributed by atoms with Gasteiger partial charge in [0.05, 0.1) is 18.8 Å². The van der Waals surface area contributed by atoms with Gasteiger partial charge >= 0.3 is 0 Å². The molecule has 0 saturated carbocycles. The van der Waals surface area contributed by atoms with Crippen LogP contribution in [0.25, 0.3) is 22.4 Å². The normalized spacial score (nSPS) is 11.2. The van der Waals surface area contributed by atoms with Crippen LogP contribution in [-0.4, -0.2) is 7.11 Å². The predicted molar refractivity (Wildman–Crippen MR) is 90.4 cm³/mol. The summed E-state index contributed by atoms with van der Waals surface area (Å²) in [6.07, 6.45) is 1.88. The Labute approximate surface area is 129 Å². The largest absolute Gasteiger partial charge is 0.495 e. The summed E-state index contributed by atoms with van der Waals surface area (Å²) in [5, 5.41) is 11.6. The van der Waals surface area contributed by atoms with E-state index in [1.54, 1.807) is 7.11 Å². The van der Waals surface area contributed by atoms with Crippen molar-refractivity contribution in [3.63, 3.8) is 0 Å². The molecule has 0 saturated heterocycles. The average molecular weight is 285 g/mol. The molecule has 0 N–H and O–H groups in total. The van der Waals surface area contributed by atoms with Gasteiger partial charge in [-0.25, -0.2) is 0 Å². The molecule has 3 aromatic carbocycles. The van der Waals surface area contributed by atoms with E-state index in [0.29, 0.717) is 5.57 Å². The third-order valence-electron chi connectivity index (χ3n) is 3.62. The van der Waals surface area contributed by atoms with Gasteiger partial charge in [-0.1, -0.05) is 66.7 Å². The number of nitrogens with zero attached hydrogens (tertiary/aromatic N) is 1. The van der Waals surface area contributed by atoms with Gasteiger partial charge in [0.2, 0.25) is 0 Å². The fourth-order valence-electron chi connectivity index (χ4n) is 2.55.